The van der Waals surface area contributed by atoms with Gasteiger partial charge in [-0.2, -0.15) is 4.31 Å². The molecule has 0 aromatic heterocycles. The quantitative estimate of drug-likeness (QED) is 0.456. The van der Waals surface area contributed by atoms with E-state index >= 15 is 0 Å². The van der Waals surface area contributed by atoms with Crippen molar-refractivity contribution in [3.8, 4) is 0 Å². The molecular formula is C28H30N2O4S. The van der Waals surface area contributed by atoms with Gasteiger partial charge in [-0.1, -0.05) is 54.6 Å². The van der Waals surface area contributed by atoms with Crippen molar-refractivity contribution in [3.05, 3.63) is 94.5 Å². The molecule has 6 nitrogen and oxygen atoms in total. The first-order valence-electron chi connectivity index (χ1n) is 11.6. The molecule has 0 spiro atoms. The average molecular weight is 491 g/mol. The SMILES string of the molecule is Cc1cc(C)c(C)c(S(=O)(=O)N(C2CC(=O)N(c3ccccc3)C2=O)C(C)c2ccccc2)c1C. The van der Waals surface area contributed by atoms with Gasteiger partial charge >= 0.3 is 0 Å². The summed E-state index contributed by atoms with van der Waals surface area (Å²) in [6.07, 6.45) is -0.215. The summed E-state index contributed by atoms with van der Waals surface area (Å²) in [4.78, 5) is 28.0. The molecule has 0 N–H and O–H groups in total. The third-order valence-corrected chi connectivity index (χ3v) is 9.19. The number of para-hydroxylation sites is 1. The van der Waals surface area contributed by atoms with Crippen molar-refractivity contribution in [1.82, 2.24) is 4.31 Å². The zero-order chi connectivity index (χ0) is 25.5. The highest BCUT2D eigenvalue weighted by atomic mass is 32.2. The molecule has 35 heavy (non-hydrogen) atoms. The zero-order valence-electron chi connectivity index (χ0n) is 20.6. The number of amides is 2. The predicted molar refractivity (Wildman–Crippen MR) is 137 cm³/mol. The number of nitrogens with zero attached hydrogens (tertiary/aromatic N) is 2. The van der Waals surface area contributed by atoms with E-state index in [-0.39, 0.29) is 11.3 Å². The van der Waals surface area contributed by atoms with Crippen LogP contribution in [-0.2, 0) is 19.6 Å². The molecule has 0 aliphatic carbocycles. The lowest BCUT2D eigenvalue weighted by Gasteiger charge is -2.34. The van der Waals surface area contributed by atoms with Crippen molar-refractivity contribution in [1.29, 1.82) is 0 Å². The van der Waals surface area contributed by atoms with E-state index in [0.717, 1.165) is 21.6 Å². The Morgan fingerprint density at radius 1 is 0.857 bits per heavy atom. The highest BCUT2D eigenvalue weighted by Crippen LogP contribution is 2.38. The van der Waals surface area contributed by atoms with Gasteiger partial charge in [0.05, 0.1) is 17.0 Å². The first-order valence-corrected chi connectivity index (χ1v) is 13.1. The second-order valence-electron chi connectivity index (χ2n) is 9.13. The Hall–Kier alpha value is -3.29. The van der Waals surface area contributed by atoms with E-state index in [2.05, 4.69) is 0 Å². The van der Waals surface area contributed by atoms with Crippen molar-refractivity contribution in [3.63, 3.8) is 0 Å². The highest BCUT2D eigenvalue weighted by Gasteiger charge is 2.49. The van der Waals surface area contributed by atoms with Crippen molar-refractivity contribution >= 4 is 27.5 Å². The summed E-state index contributed by atoms with van der Waals surface area (Å²) in [5.41, 5.74) is 4.20. The third kappa shape index (κ3) is 4.30. The Kier molecular flexibility index (Phi) is 6.66. The molecule has 0 bridgehead atoms. The summed E-state index contributed by atoms with van der Waals surface area (Å²) in [6, 6.07) is 18.0. The van der Waals surface area contributed by atoms with Gasteiger partial charge in [-0.25, -0.2) is 13.3 Å². The fourth-order valence-corrected chi connectivity index (χ4v) is 7.20. The first-order chi connectivity index (χ1) is 16.6. The van der Waals surface area contributed by atoms with Crippen LogP contribution in [0.3, 0.4) is 0 Å². The van der Waals surface area contributed by atoms with Gasteiger partial charge in [0.1, 0.15) is 6.04 Å². The molecule has 182 valence electrons. The second-order valence-corrected chi connectivity index (χ2v) is 10.9. The van der Waals surface area contributed by atoms with Crippen LogP contribution >= 0.6 is 0 Å². The second kappa shape index (κ2) is 9.40. The van der Waals surface area contributed by atoms with Crippen LogP contribution in [0.2, 0.25) is 0 Å². The highest BCUT2D eigenvalue weighted by molar-refractivity contribution is 7.89. The molecule has 1 fully saturated rings. The summed E-state index contributed by atoms with van der Waals surface area (Å²) in [7, 11) is -4.17. The van der Waals surface area contributed by atoms with Crippen LogP contribution in [0.25, 0.3) is 0 Å². The summed E-state index contributed by atoms with van der Waals surface area (Å²) in [5, 5.41) is 0. The van der Waals surface area contributed by atoms with Crippen molar-refractivity contribution < 1.29 is 18.0 Å². The molecule has 2 amide bonds. The molecule has 3 aromatic rings. The summed E-state index contributed by atoms with van der Waals surface area (Å²) in [6.45, 7) is 9.11. The van der Waals surface area contributed by atoms with E-state index in [4.69, 9.17) is 0 Å². The number of hydrogen-bond acceptors (Lipinski definition) is 4. The van der Waals surface area contributed by atoms with Gasteiger partial charge in [-0.3, -0.25) is 9.59 Å². The average Bonchev–Trinajstić information content (AvgIpc) is 3.12. The van der Waals surface area contributed by atoms with E-state index < -0.39 is 33.9 Å². The first kappa shape index (κ1) is 24.8. The number of hydrogen-bond donors (Lipinski definition) is 0. The smallest absolute Gasteiger partial charge is 0.252 e. The van der Waals surface area contributed by atoms with Gasteiger partial charge in [0, 0.05) is 6.04 Å². The van der Waals surface area contributed by atoms with Crippen molar-refractivity contribution in [2.75, 3.05) is 4.90 Å². The van der Waals surface area contributed by atoms with Gasteiger partial charge < -0.3 is 0 Å². The minimum atomic E-state index is -4.17. The van der Waals surface area contributed by atoms with Crippen LogP contribution in [0.15, 0.2) is 71.6 Å². The molecule has 1 aliphatic heterocycles. The summed E-state index contributed by atoms with van der Waals surface area (Å²) >= 11 is 0. The Balaban J connectivity index is 1.90. The van der Waals surface area contributed by atoms with Crippen LogP contribution in [0.4, 0.5) is 5.69 Å². The van der Waals surface area contributed by atoms with Crippen LogP contribution in [0, 0.1) is 27.7 Å². The Bertz CT molecular complexity index is 1360. The fraction of sp³-hybridized carbons (Fsp3) is 0.286. The molecule has 0 radical (unpaired) electrons. The van der Waals surface area contributed by atoms with Crippen LogP contribution < -0.4 is 4.90 Å². The lowest BCUT2D eigenvalue weighted by molar-refractivity contribution is -0.122. The largest absolute Gasteiger partial charge is 0.274 e. The number of carbonyl (C=O) groups is 2. The summed E-state index contributed by atoms with van der Waals surface area (Å²) < 4.78 is 30.1. The van der Waals surface area contributed by atoms with E-state index in [1.807, 2.05) is 50.2 Å². The topological polar surface area (TPSA) is 74.8 Å². The number of imide groups is 1. The van der Waals surface area contributed by atoms with E-state index in [1.165, 1.54) is 4.31 Å². The lowest BCUT2D eigenvalue weighted by atomic mass is 10.0. The van der Waals surface area contributed by atoms with Crippen molar-refractivity contribution in [2.24, 2.45) is 0 Å². The van der Waals surface area contributed by atoms with Gasteiger partial charge in [0.15, 0.2) is 0 Å². The fourth-order valence-electron chi connectivity index (χ4n) is 4.86. The van der Waals surface area contributed by atoms with E-state index in [0.29, 0.717) is 16.8 Å². The van der Waals surface area contributed by atoms with Crippen molar-refractivity contribution in [2.45, 2.75) is 58.0 Å². The molecule has 0 saturated carbocycles. The molecule has 1 saturated heterocycles. The standard InChI is InChI=1S/C28H30N2O4S/c1-18-16-19(2)21(4)27(20(18)3)35(33,34)30(22(5)23-12-8-6-9-13-23)25-17-26(31)29(28(25)32)24-14-10-7-11-15-24/h6-16,22,25H,17H2,1-5H3. The lowest BCUT2D eigenvalue weighted by Crippen LogP contribution is -2.47. The third-order valence-electron chi connectivity index (χ3n) is 6.94. The van der Waals surface area contributed by atoms with Crippen LogP contribution in [0.5, 0.6) is 0 Å². The monoisotopic (exact) mass is 490 g/mol. The maximum absolute atomic E-state index is 14.4. The summed E-state index contributed by atoms with van der Waals surface area (Å²) in [5.74, 6) is -0.951. The number of anilines is 1. The molecular weight excluding hydrogens is 460 g/mol. The molecule has 3 aromatic carbocycles. The van der Waals surface area contributed by atoms with E-state index in [1.54, 1.807) is 51.1 Å². The maximum atomic E-state index is 14.4. The number of rotatable bonds is 6. The minimum Gasteiger partial charge on any atom is -0.274 e. The normalized spacial score (nSPS) is 17.3. The number of carbonyl (C=O) groups excluding carboxylic acids is 2. The van der Waals surface area contributed by atoms with Crippen LogP contribution in [0.1, 0.15) is 47.2 Å². The predicted octanol–water partition coefficient (Wildman–Crippen LogP) is 5.00. The van der Waals surface area contributed by atoms with Crippen LogP contribution in [-0.4, -0.2) is 30.6 Å². The minimum absolute atomic E-state index is 0.205. The maximum Gasteiger partial charge on any atom is 0.252 e. The molecule has 7 heteroatoms. The Morgan fingerprint density at radius 3 is 1.91 bits per heavy atom. The van der Waals surface area contributed by atoms with Gasteiger partial charge in [0.2, 0.25) is 15.9 Å². The van der Waals surface area contributed by atoms with Gasteiger partial charge in [0.25, 0.3) is 5.91 Å². The number of sulfonamides is 1. The molecule has 4 rings (SSSR count). The number of benzene rings is 3. The molecule has 1 aliphatic rings. The van der Waals surface area contributed by atoms with Gasteiger partial charge in [-0.15, -0.1) is 0 Å². The zero-order valence-corrected chi connectivity index (χ0v) is 21.5. The number of aryl methyl sites for hydroxylation is 2. The Labute approximate surface area is 207 Å². The van der Waals surface area contributed by atoms with Gasteiger partial charge in [-0.05, 0) is 74.6 Å². The van der Waals surface area contributed by atoms with E-state index in [9.17, 15) is 18.0 Å². The molecule has 1 heterocycles. The Morgan fingerprint density at radius 2 is 1.37 bits per heavy atom. The molecule has 2 unspecified atom stereocenters. The molecule has 2 atom stereocenters.